The van der Waals surface area contributed by atoms with Gasteiger partial charge in [0.2, 0.25) is 11.8 Å². The molecule has 160 valence electrons. The molecule has 0 bridgehead atoms. The highest BCUT2D eigenvalue weighted by Gasteiger charge is 2.26. The summed E-state index contributed by atoms with van der Waals surface area (Å²) < 4.78 is 11.8. The monoisotopic (exact) mass is 416 g/mol. The lowest BCUT2D eigenvalue weighted by Gasteiger charge is -2.32. The lowest BCUT2D eigenvalue weighted by atomic mass is 10.1. The van der Waals surface area contributed by atoms with Crippen molar-refractivity contribution in [2.75, 3.05) is 37.7 Å². The van der Waals surface area contributed by atoms with Crippen LogP contribution in [-0.4, -0.2) is 47.7 Å². The third-order valence-corrected chi connectivity index (χ3v) is 5.87. The van der Waals surface area contributed by atoms with Crippen molar-refractivity contribution in [3.63, 3.8) is 0 Å². The Kier molecular flexibility index (Phi) is 5.82. The molecule has 1 saturated heterocycles. The third kappa shape index (κ3) is 4.70. The molecule has 5 rings (SSSR count). The minimum atomic E-state index is 0.672. The molecule has 0 radical (unpaired) electrons. The smallest absolute Gasteiger partial charge is 0.229 e. The predicted molar refractivity (Wildman–Crippen MR) is 121 cm³/mol. The summed E-state index contributed by atoms with van der Waals surface area (Å²) in [5, 5.41) is 0. The molecule has 2 aliphatic rings. The second-order valence-corrected chi connectivity index (χ2v) is 8.21. The Bertz CT molecular complexity index is 1020. The van der Waals surface area contributed by atoms with E-state index in [1.165, 1.54) is 11.1 Å². The molecule has 0 N–H and O–H groups in total. The van der Waals surface area contributed by atoms with Crippen LogP contribution in [0.25, 0.3) is 0 Å². The van der Waals surface area contributed by atoms with Gasteiger partial charge in [-0.3, -0.25) is 4.90 Å². The molecule has 3 aromatic rings. The zero-order valence-electron chi connectivity index (χ0n) is 18.0. The highest BCUT2D eigenvalue weighted by Crippen LogP contribution is 2.32. The molecule has 2 aliphatic heterocycles. The Balaban J connectivity index is 1.43. The van der Waals surface area contributed by atoms with Gasteiger partial charge in [-0.1, -0.05) is 48.0 Å². The van der Waals surface area contributed by atoms with E-state index in [0.29, 0.717) is 19.1 Å². The molecule has 0 atom stereocenters. The molecule has 0 unspecified atom stereocenters. The number of aromatic nitrogens is 2. The number of aryl methyl sites for hydroxylation is 1. The van der Waals surface area contributed by atoms with E-state index in [9.17, 15) is 0 Å². The fourth-order valence-corrected chi connectivity index (χ4v) is 4.10. The second kappa shape index (κ2) is 9.04. The van der Waals surface area contributed by atoms with E-state index in [-0.39, 0.29) is 0 Å². The van der Waals surface area contributed by atoms with Gasteiger partial charge < -0.3 is 14.4 Å². The molecule has 1 fully saturated rings. The normalized spacial score (nSPS) is 16.7. The number of rotatable bonds is 5. The fourth-order valence-electron chi connectivity index (χ4n) is 4.10. The van der Waals surface area contributed by atoms with Crippen LogP contribution in [0.4, 0.5) is 5.95 Å². The van der Waals surface area contributed by atoms with E-state index in [1.807, 2.05) is 30.3 Å². The Morgan fingerprint density at radius 3 is 2.48 bits per heavy atom. The van der Waals surface area contributed by atoms with Crippen LogP contribution < -0.4 is 9.64 Å². The van der Waals surface area contributed by atoms with Crippen LogP contribution in [0.5, 0.6) is 11.6 Å². The van der Waals surface area contributed by atoms with E-state index >= 15 is 0 Å². The first-order valence-electron chi connectivity index (χ1n) is 11.0. The van der Waals surface area contributed by atoms with Crippen molar-refractivity contribution in [3.8, 4) is 11.6 Å². The first-order valence-corrected chi connectivity index (χ1v) is 11.0. The summed E-state index contributed by atoms with van der Waals surface area (Å²) in [7, 11) is 0. The standard InChI is InChI=1S/C25H28N4O2/c1-19-7-9-20(10-8-19)17-28-12-11-23-22(18-28)24(31-21-5-3-2-4-6-21)27-25(26-23)29-13-15-30-16-14-29/h2-10H,11-18H2,1H3. The van der Waals surface area contributed by atoms with Crippen LogP contribution in [0.3, 0.4) is 0 Å². The van der Waals surface area contributed by atoms with Gasteiger partial charge in [-0.15, -0.1) is 0 Å². The molecule has 2 aromatic carbocycles. The van der Waals surface area contributed by atoms with Gasteiger partial charge in [-0.2, -0.15) is 4.98 Å². The molecule has 6 heteroatoms. The third-order valence-electron chi connectivity index (χ3n) is 5.87. The van der Waals surface area contributed by atoms with E-state index in [1.54, 1.807) is 0 Å². The molecule has 0 amide bonds. The Morgan fingerprint density at radius 1 is 0.935 bits per heavy atom. The van der Waals surface area contributed by atoms with Gasteiger partial charge in [-0.05, 0) is 24.6 Å². The van der Waals surface area contributed by atoms with E-state index < -0.39 is 0 Å². The summed E-state index contributed by atoms with van der Waals surface area (Å²) in [5.74, 6) is 2.22. The minimum Gasteiger partial charge on any atom is -0.439 e. The Hall–Kier alpha value is -2.96. The average molecular weight is 417 g/mol. The maximum Gasteiger partial charge on any atom is 0.229 e. The van der Waals surface area contributed by atoms with E-state index in [4.69, 9.17) is 19.4 Å². The van der Waals surface area contributed by atoms with Gasteiger partial charge in [0.1, 0.15) is 5.75 Å². The van der Waals surface area contributed by atoms with Crippen LogP contribution in [0.2, 0.25) is 0 Å². The highest BCUT2D eigenvalue weighted by molar-refractivity contribution is 5.43. The van der Waals surface area contributed by atoms with Crippen LogP contribution in [-0.2, 0) is 24.2 Å². The summed E-state index contributed by atoms with van der Waals surface area (Å²) in [6, 6.07) is 18.7. The molecule has 0 spiro atoms. The van der Waals surface area contributed by atoms with Crippen LogP contribution in [0.1, 0.15) is 22.4 Å². The molecule has 0 saturated carbocycles. The number of benzene rings is 2. The predicted octanol–water partition coefficient (Wildman–Crippen LogP) is 3.97. The second-order valence-electron chi connectivity index (χ2n) is 8.21. The molecule has 6 nitrogen and oxygen atoms in total. The summed E-state index contributed by atoms with van der Waals surface area (Å²) in [6.07, 6.45) is 0.895. The van der Waals surface area contributed by atoms with E-state index in [0.717, 1.165) is 62.1 Å². The number of morpholine rings is 1. The van der Waals surface area contributed by atoms with Gasteiger partial charge in [0, 0.05) is 39.1 Å². The largest absolute Gasteiger partial charge is 0.439 e. The van der Waals surface area contributed by atoms with Gasteiger partial charge >= 0.3 is 0 Å². The average Bonchev–Trinajstić information content (AvgIpc) is 2.82. The summed E-state index contributed by atoms with van der Waals surface area (Å²) in [5.41, 5.74) is 4.81. The van der Waals surface area contributed by atoms with Crippen LogP contribution in [0.15, 0.2) is 54.6 Å². The van der Waals surface area contributed by atoms with Gasteiger partial charge in [0.25, 0.3) is 0 Å². The maximum atomic E-state index is 6.29. The van der Waals surface area contributed by atoms with Crippen LogP contribution >= 0.6 is 0 Å². The number of ether oxygens (including phenoxy) is 2. The summed E-state index contributed by atoms with van der Waals surface area (Å²) >= 11 is 0. The number of hydrogen-bond donors (Lipinski definition) is 0. The lowest BCUT2D eigenvalue weighted by molar-refractivity contribution is 0.122. The number of nitrogens with zero attached hydrogens (tertiary/aromatic N) is 4. The zero-order valence-corrected chi connectivity index (χ0v) is 18.0. The topological polar surface area (TPSA) is 50.7 Å². The number of anilines is 1. The van der Waals surface area contributed by atoms with Crippen molar-refractivity contribution < 1.29 is 9.47 Å². The summed E-state index contributed by atoms with van der Waals surface area (Å²) in [6.45, 7) is 7.83. The van der Waals surface area contributed by atoms with Crippen molar-refractivity contribution in [2.24, 2.45) is 0 Å². The fraction of sp³-hybridized carbons (Fsp3) is 0.360. The summed E-state index contributed by atoms with van der Waals surface area (Å²) in [4.78, 5) is 14.5. The van der Waals surface area contributed by atoms with Gasteiger partial charge in [-0.25, -0.2) is 4.98 Å². The Morgan fingerprint density at radius 2 is 1.71 bits per heavy atom. The van der Waals surface area contributed by atoms with Gasteiger partial charge in [0.15, 0.2) is 0 Å². The zero-order chi connectivity index (χ0) is 21.0. The SMILES string of the molecule is Cc1ccc(CN2CCc3nc(N4CCOCC4)nc(Oc4ccccc4)c3C2)cc1. The maximum absolute atomic E-state index is 6.29. The number of para-hydroxylation sites is 1. The number of hydrogen-bond acceptors (Lipinski definition) is 6. The molecule has 3 heterocycles. The number of fused-ring (bicyclic) bond motifs is 1. The van der Waals surface area contributed by atoms with Crippen molar-refractivity contribution in [3.05, 3.63) is 77.0 Å². The molecule has 31 heavy (non-hydrogen) atoms. The minimum absolute atomic E-state index is 0.672. The molecule has 1 aromatic heterocycles. The van der Waals surface area contributed by atoms with Crippen molar-refractivity contribution in [1.29, 1.82) is 0 Å². The van der Waals surface area contributed by atoms with E-state index in [2.05, 4.69) is 41.0 Å². The van der Waals surface area contributed by atoms with Crippen molar-refractivity contribution in [2.45, 2.75) is 26.4 Å². The molecular weight excluding hydrogens is 388 g/mol. The van der Waals surface area contributed by atoms with Crippen molar-refractivity contribution in [1.82, 2.24) is 14.9 Å². The molecule has 0 aliphatic carbocycles. The van der Waals surface area contributed by atoms with Gasteiger partial charge in [0.05, 0.1) is 24.5 Å². The van der Waals surface area contributed by atoms with Crippen LogP contribution in [0, 0.1) is 6.92 Å². The first-order chi connectivity index (χ1) is 15.2. The first kappa shape index (κ1) is 20.0. The van der Waals surface area contributed by atoms with Crippen molar-refractivity contribution >= 4 is 5.95 Å². The Labute approximate surface area is 183 Å². The highest BCUT2D eigenvalue weighted by atomic mass is 16.5. The quantitative estimate of drug-likeness (QED) is 0.627. The lowest BCUT2D eigenvalue weighted by Crippen LogP contribution is -2.38. The molecular formula is C25H28N4O2.